The molecule has 3 rings (SSSR count). The van der Waals surface area contributed by atoms with Crippen molar-refractivity contribution >= 4 is 17.5 Å². The van der Waals surface area contributed by atoms with Gasteiger partial charge in [-0.3, -0.25) is 9.59 Å². The maximum atomic E-state index is 12.9. The van der Waals surface area contributed by atoms with Gasteiger partial charge in [-0.2, -0.15) is 5.26 Å². The van der Waals surface area contributed by atoms with E-state index in [1.807, 2.05) is 59.5 Å². The van der Waals surface area contributed by atoms with Crippen LogP contribution >= 0.6 is 0 Å². The molecule has 30 heavy (non-hydrogen) atoms. The van der Waals surface area contributed by atoms with Gasteiger partial charge >= 0.3 is 0 Å². The van der Waals surface area contributed by atoms with Crippen LogP contribution in [-0.2, 0) is 16.1 Å². The van der Waals surface area contributed by atoms with Gasteiger partial charge in [-0.25, -0.2) is 0 Å². The summed E-state index contributed by atoms with van der Waals surface area (Å²) in [4.78, 5) is 29.2. The Balaban J connectivity index is 1.61. The van der Waals surface area contributed by atoms with Crippen molar-refractivity contribution in [2.24, 2.45) is 0 Å². The van der Waals surface area contributed by atoms with E-state index in [4.69, 9.17) is 10.00 Å². The van der Waals surface area contributed by atoms with E-state index >= 15 is 0 Å². The number of benzene rings is 2. The summed E-state index contributed by atoms with van der Waals surface area (Å²) in [6, 6.07) is 19.3. The highest BCUT2D eigenvalue weighted by atomic mass is 16.5. The van der Waals surface area contributed by atoms with Gasteiger partial charge in [0.2, 0.25) is 11.8 Å². The maximum absolute atomic E-state index is 12.9. The fourth-order valence-electron chi connectivity index (χ4n) is 3.39. The van der Waals surface area contributed by atoms with E-state index in [1.54, 1.807) is 12.0 Å². The summed E-state index contributed by atoms with van der Waals surface area (Å²) < 4.78 is 5.19. The third-order valence-electron chi connectivity index (χ3n) is 5.19. The van der Waals surface area contributed by atoms with Crippen molar-refractivity contribution in [3.05, 3.63) is 60.2 Å². The lowest BCUT2D eigenvalue weighted by Gasteiger charge is -2.25. The summed E-state index contributed by atoms with van der Waals surface area (Å²) >= 11 is 0. The lowest BCUT2D eigenvalue weighted by molar-refractivity contribution is -0.134. The van der Waals surface area contributed by atoms with E-state index in [1.165, 1.54) is 0 Å². The molecule has 0 spiro atoms. The average molecular weight is 405 g/mol. The molecule has 0 unspecified atom stereocenters. The first-order chi connectivity index (χ1) is 14.6. The highest BCUT2D eigenvalue weighted by Gasteiger charge is 2.32. The number of carbonyl (C=O) groups excluding carboxylic acids is 2. The Bertz CT molecular complexity index is 886. The predicted molar refractivity (Wildman–Crippen MR) is 115 cm³/mol. The molecular weight excluding hydrogens is 378 g/mol. The minimum Gasteiger partial charge on any atom is -0.497 e. The van der Waals surface area contributed by atoms with E-state index in [0.717, 1.165) is 29.8 Å². The van der Waals surface area contributed by atoms with Gasteiger partial charge in [0.15, 0.2) is 0 Å². The fourth-order valence-corrected chi connectivity index (χ4v) is 3.39. The highest BCUT2D eigenvalue weighted by molar-refractivity contribution is 5.95. The summed E-state index contributed by atoms with van der Waals surface area (Å²) in [5.74, 6) is 0.645. The second-order valence-corrected chi connectivity index (χ2v) is 7.39. The summed E-state index contributed by atoms with van der Waals surface area (Å²) in [5.41, 5.74) is 1.80. The molecule has 0 heterocycles. The molecule has 6 heteroatoms. The standard InChI is InChI=1S/C24H27N3O3/c1-30-22-12-8-19(9-13-22)18-27(21-10-11-21)24(29)15-14-23(28)26(17-5-16-25)20-6-3-2-4-7-20/h2-4,6-9,12-13,21H,5,10-11,14-15,17-18H2,1H3. The number of ether oxygens (including phenoxy) is 1. The van der Waals surface area contributed by atoms with Crippen LogP contribution in [0.25, 0.3) is 0 Å². The topological polar surface area (TPSA) is 73.6 Å². The molecule has 1 fully saturated rings. The number of nitrogens with zero attached hydrogens (tertiary/aromatic N) is 3. The molecule has 0 atom stereocenters. The van der Waals surface area contributed by atoms with E-state index in [9.17, 15) is 9.59 Å². The molecule has 1 saturated carbocycles. The minimum atomic E-state index is -0.134. The third-order valence-corrected chi connectivity index (χ3v) is 5.19. The van der Waals surface area contributed by atoms with Crippen LogP contribution in [0.1, 0.15) is 37.7 Å². The Morgan fingerprint density at radius 3 is 2.30 bits per heavy atom. The van der Waals surface area contributed by atoms with Crippen molar-refractivity contribution in [2.75, 3.05) is 18.6 Å². The molecule has 2 amide bonds. The zero-order valence-electron chi connectivity index (χ0n) is 17.3. The molecule has 1 aliphatic carbocycles. The van der Waals surface area contributed by atoms with E-state index in [0.29, 0.717) is 13.1 Å². The van der Waals surface area contributed by atoms with Crippen molar-refractivity contribution in [3.63, 3.8) is 0 Å². The SMILES string of the molecule is COc1ccc(CN(C(=O)CCC(=O)N(CCC#N)c2ccccc2)C2CC2)cc1. The second-order valence-electron chi connectivity index (χ2n) is 7.39. The van der Waals surface area contributed by atoms with Gasteiger partial charge in [-0.1, -0.05) is 30.3 Å². The van der Waals surface area contributed by atoms with Crippen LogP contribution in [0.4, 0.5) is 5.69 Å². The average Bonchev–Trinajstić information content (AvgIpc) is 3.62. The molecule has 2 aromatic rings. The largest absolute Gasteiger partial charge is 0.497 e. The van der Waals surface area contributed by atoms with Crippen LogP contribution in [0.2, 0.25) is 0 Å². The normalized spacial score (nSPS) is 12.7. The van der Waals surface area contributed by atoms with Crippen LogP contribution in [0.3, 0.4) is 0 Å². The Morgan fingerprint density at radius 1 is 1.03 bits per heavy atom. The lowest BCUT2D eigenvalue weighted by Crippen LogP contribution is -2.35. The molecule has 0 N–H and O–H groups in total. The Morgan fingerprint density at radius 2 is 1.70 bits per heavy atom. The number of rotatable bonds is 10. The maximum Gasteiger partial charge on any atom is 0.227 e. The van der Waals surface area contributed by atoms with Crippen LogP contribution in [0, 0.1) is 11.3 Å². The summed E-state index contributed by atoms with van der Waals surface area (Å²) in [6.45, 7) is 0.865. The number of amides is 2. The van der Waals surface area contributed by atoms with Crippen molar-refractivity contribution in [1.82, 2.24) is 4.90 Å². The smallest absolute Gasteiger partial charge is 0.227 e. The quantitative estimate of drug-likeness (QED) is 0.601. The molecule has 6 nitrogen and oxygen atoms in total. The zero-order valence-corrected chi connectivity index (χ0v) is 17.3. The highest BCUT2D eigenvalue weighted by Crippen LogP contribution is 2.29. The van der Waals surface area contributed by atoms with E-state index in [-0.39, 0.29) is 37.1 Å². The van der Waals surface area contributed by atoms with Crippen LogP contribution in [-0.4, -0.2) is 36.4 Å². The van der Waals surface area contributed by atoms with Gasteiger partial charge < -0.3 is 14.5 Å². The minimum absolute atomic E-state index is 0.00466. The molecule has 1 aliphatic rings. The first-order valence-electron chi connectivity index (χ1n) is 10.3. The summed E-state index contributed by atoms with van der Waals surface area (Å²) in [5, 5.41) is 8.92. The zero-order chi connectivity index (χ0) is 21.3. The lowest BCUT2D eigenvalue weighted by atomic mass is 10.1. The Hall–Kier alpha value is -3.33. The number of carbonyl (C=O) groups is 2. The first-order valence-corrected chi connectivity index (χ1v) is 10.3. The second kappa shape index (κ2) is 10.4. The molecule has 0 aromatic heterocycles. The molecule has 0 aliphatic heterocycles. The number of nitriles is 1. The summed E-state index contributed by atoms with van der Waals surface area (Å²) in [7, 11) is 1.63. The molecule has 156 valence electrons. The van der Waals surface area contributed by atoms with Gasteiger partial charge in [0.1, 0.15) is 5.75 Å². The molecule has 0 radical (unpaired) electrons. The van der Waals surface area contributed by atoms with Crippen molar-refractivity contribution in [2.45, 2.75) is 44.7 Å². The molecular formula is C24H27N3O3. The fraction of sp³-hybridized carbons (Fsp3) is 0.375. The van der Waals surface area contributed by atoms with Gasteiger partial charge in [-0.15, -0.1) is 0 Å². The molecule has 0 saturated heterocycles. The molecule has 0 bridgehead atoms. The summed E-state index contributed by atoms with van der Waals surface area (Å²) in [6.07, 6.45) is 2.56. The van der Waals surface area contributed by atoms with Crippen molar-refractivity contribution in [1.29, 1.82) is 5.26 Å². The van der Waals surface area contributed by atoms with Crippen LogP contribution < -0.4 is 9.64 Å². The van der Waals surface area contributed by atoms with Gasteiger partial charge in [0.05, 0.1) is 19.6 Å². The van der Waals surface area contributed by atoms with Gasteiger partial charge in [0.25, 0.3) is 0 Å². The first kappa shape index (κ1) is 21.4. The van der Waals surface area contributed by atoms with Crippen molar-refractivity contribution < 1.29 is 14.3 Å². The number of para-hydroxylation sites is 1. The van der Waals surface area contributed by atoms with Crippen molar-refractivity contribution in [3.8, 4) is 11.8 Å². The van der Waals surface area contributed by atoms with Crippen LogP contribution in [0.15, 0.2) is 54.6 Å². The van der Waals surface area contributed by atoms with E-state index < -0.39 is 0 Å². The van der Waals surface area contributed by atoms with Gasteiger partial charge in [-0.05, 0) is 42.7 Å². The third kappa shape index (κ3) is 5.84. The Kier molecular flexibility index (Phi) is 7.45. The number of hydrogen-bond acceptors (Lipinski definition) is 4. The van der Waals surface area contributed by atoms with Crippen LogP contribution in [0.5, 0.6) is 5.75 Å². The number of hydrogen-bond donors (Lipinski definition) is 0. The van der Waals surface area contributed by atoms with Gasteiger partial charge in [0, 0.05) is 37.7 Å². The predicted octanol–water partition coefficient (Wildman–Crippen LogP) is 3.91. The molecule has 2 aromatic carbocycles. The number of methoxy groups -OCH3 is 1. The van der Waals surface area contributed by atoms with E-state index in [2.05, 4.69) is 6.07 Å². The Labute approximate surface area is 177 Å². The monoisotopic (exact) mass is 405 g/mol. The number of anilines is 1.